The monoisotopic (exact) mass is 259 g/mol. The first-order valence-corrected chi connectivity index (χ1v) is 6.24. The molecular weight excluding hydrogens is 241 g/mol. The fraction of sp³-hybridized carbons (Fsp3) is 0.267. The molecule has 1 N–H and O–H groups in total. The molecule has 1 unspecified atom stereocenters. The molecule has 2 rings (SSSR count). The van der Waals surface area contributed by atoms with Gasteiger partial charge in [0.1, 0.15) is 5.82 Å². The van der Waals surface area contributed by atoms with Gasteiger partial charge in [0.25, 0.3) is 0 Å². The maximum atomic E-state index is 12.9. The first kappa shape index (κ1) is 13.5. The summed E-state index contributed by atoms with van der Waals surface area (Å²) in [5.41, 5.74) is 2.90. The topological polar surface area (TPSA) is 28.2 Å². The number of hydrogen-bond acceptors (Lipinski definition) is 3. The molecule has 0 aliphatic carbocycles. The number of benzene rings is 1. The summed E-state index contributed by atoms with van der Waals surface area (Å²) in [6, 6.07) is 10.6. The van der Waals surface area contributed by atoms with Gasteiger partial charge in [0.05, 0.1) is 17.6 Å². The zero-order valence-corrected chi connectivity index (χ0v) is 11.4. The molecule has 0 radical (unpaired) electrons. The fourth-order valence-electron chi connectivity index (χ4n) is 1.81. The van der Waals surface area contributed by atoms with E-state index < -0.39 is 0 Å². The van der Waals surface area contributed by atoms with Crippen LogP contribution in [-0.2, 0) is 0 Å². The van der Waals surface area contributed by atoms with Crippen molar-refractivity contribution in [2.24, 2.45) is 0 Å². The summed E-state index contributed by atoms with van der Waals surface area (Å²) in [5, 5.41) is 3.15. The van der Waals surface area contributed by atoms with E-state index in [1.54, 1.807) is 12.1 Å². The molecule has 0 fully saturated rings. The van der Waals surface area contributed by atoms with Gasteiger partial charge in [0.2, 0.25) is 0 Å². The van der Waals surface area contributed by atoms with Gasteiger partial charge in [-0.05, 0) is 50.4 Å². The highest BCUT2D eigenvalue weighted by atomic mass is 19.1. The van der Waals surface area contributed by atoms with Crippen molar-refractivity contribution in [1.82, 2.24) is 10.3 Å². The van der Waals surface area contributed by atoms with E-state index in [4.69, 9.17) is 0 Å². The Bertz CT molecular complexity index is 522. The Balaban J connectivity index is 2.19. The lowest BCUT2D eigenvalue weighted by Gasteiger charge is -2.20. The Morgan fingerprint density at radius 1 is 1.11 bits per heavy atom. The fourth-order valence-corrected chi connectivity index (χ4v) is 1.81. The molecule has 4 heteroatoms. The van der Waals surface area contributed by atoms with Gasteiger partial charge < -0.3 is 10.2 Å². The lowest BCUT2D eigenvalue weighted by atomic mass is 10.2. The standard InChI is InChI=1S/C15H18FN3/c1-11(17-2)15-9-8-14(10-18-15)19(3)13-6-4-12(16)5-7-13/h4-11,17H,1-3H3. The number of nitrogens with one attached hydrogen (secondary N) is 1. The van der Waals surface area contributed by atoms with Gasteiger partial charge in [-0.2, -0.15) is 0 Å². The van der Waals surface area contributed by atoms with Crippen LogP contribution in [0.2, 0.25) is 0 Å². The number of hydrogen-bond donors (Lipinski definition) is 1. The molecule has 0 aliphatic heterocycles. The Hall–Kier alpha value is -1.94. The van der Waals surface area contributed by atoms with Gasteiger partial charge in [-0.3, -0.25) is 4.98 Å². The molecule has 0 bridgehead atoms. The Morgan fingerprint density at radius 3 is 2.26 bits per heavy atom. The minimum absolute atomic E-state index is 0.227. The summed E-state index contributed by atoms with van der Waals surface area (Å²) in [5.74, 6) is -0.228. The van der Waals surface area contributed by atoms with Gasteiger partial charge in [-0.1, -0.05) is 0 Å². The second-order valence-electron chi connectivity index (χ2n) is 4.49. The maximum Gasteiger partial charge on any atom is 0.123 e. The van der Waals surface area contributed by atoms with Crippen molar-refractivity contribution >= 4 is 11.4 Å². The smallest absolute Gasteiger partial charge is 0.123 e. The van der Waals surface area contributed by atoms with Crippen LogP contribution < -0.4 is 10.2 Å². The molecule has 1 atom stereocenters. The van der Waals surface area contributed by atoms with Crippen LogP contribution in [0.25, 0.3) is 0 Å². The predicted octanol–water partition coefficient (Wildman–Crippen LogP) is 3.27. The molecule has 3 nitrogen and oxygen atoms in total. The van der Waals surface area contributed by atoms with Crippen LogP contribution in [0.4, 0.5) is 15.8 Å². The minimum Gasteiger partial charge on any atom is -0.343 e. The second kappa shape index (κ2) is 5.80. The van der Waals surface area contributed by atoms with Gasteiger partial charge in [-0.25, -0.2) is 4.39 Å². The van der Waals surface area contributed by atoms with Crippen molar-refractivity contribution in [3.05, 3.63) is 54.1 Å². The van der Waals surface area contributed by atoms with E-state index >= 15 is 0 Å². The van der Waals surface area contributed by atoms with Gasteiger partial charge in [-0.15, -0.1) is 0 Å². The summed E-state index contributed by atoms with van der Waals surface area (Å²) >= 11 is 0. The lowest BCUT2D eigenvalue weighted by molar-refractivity contribution is 0.628. The minimum atomic E-state index is -0.228. The van der Waals surface area contributed by atoms with E-state index in [0.29, 0.717) is 0 Å². The van der Waals surface area contributed by atoms with Crippen LogP contribution in [0.1, 0.15) is 18.7 Å². The molecule has 2 aromatic rings. The average Bonchev–Trinajstić information content (AvgIpc) is 2.46. The normalized spacial score (nSPS) is 12.2. The number of nitrogens with zero attached hydrogens (tertiary/aromatic N) is 2. The van der Waals surface area contributed by atoms with E-state index in [1.807, 2.05) is 37.3 Å². The van der Waals surface area contributed by atoms with Crippen molar-refractivity contribution in [2.45, 2.75) is 13.0 Å². The molecule has 100 valence electrons. The van der Waals surface area contributed by atoms with E-state index in [2.05, 4.69) is 17.2 Å². The molecule has 0 aliphatic rings. The van der Waals surface area contributed by atoms with Crippen LogP contribution in [0.3, 0.4) is 0 Å². The zero-order chi connectivity index (χ0) is 13.8. The Kier molecular flexibility index (Phi) is 4.12. The zero-order valence-electron chi connectivity index (χ0n) is 11.4. The maximum absolute atomic E-state index is 12.9. The third-order valence-electron chi connectivity index (χ3n) is 3.25. The summed E-state index contributed by atoms with van der Waals surface area (Å²) in [4.78, 5) is 6.41. The largest absolute Gasteiger partial charge is 0.343 e. The van der Waals surface area contributed by atoms with Crippen molar-refractivity contribution in [3.8, 4) is 0 Å². The number of pyridine rings is 1. The van der Waals surface area contributed by atoms with Crippen molar-refractivity contribution in [3.63, 3.8) is 0 Å². The summed E-state index contributed by atoms with van der Waals surface area (Å²) in [6.45, 7) is 2.06. The van der Waals surface area contributed by atoms with Crippen LogP contribution in [0, 0.1) is 5.82 Å². The lowest BCUT2D eigenvalue weighted by Crippen LogP contribution is -2.15. The summed E-state index contributed by atoms with van der Waals surface area (Å²) in [7, 11) is 3.84. The number of anilines is 2. The highest BCUT2D eigenvalue weighted by Gasteiger charge is 2.07. The second-order valence-corrected chi connectivity index (χ2v) is 4.49. The molecular formula is C15H18FN3. The molecule has 0 saturated carbocycles. The molecule has 0 amide bonds. The average molecular weight is 259 g/mol. The number of rotatable bonds is 4. The third kappa shape index (κ3) is 3.09. The first-order chi connectivity index (χ1) is 9.11. The number of halogens is 1. The van der Waals surface area contributed by atoms with Crippen molar-refractivity contribution < 1.29 is 4.39 Å². The molecule has 19 heavy (non-hydrogen) atoms. The van der Waals surface area contributed by atoms with Gasteiger partial charge in [0, 0.05) is 18.8 Å². The first-order valence-electron chi connectivity index (χ1n) is 6.24. The van der Waals surface area contributed by atoms with E-state index in [0.717, 1.165) is 17.1 Å². The van der Waals surface area contributed by atoms with Gasteiger partial charge in [0.15, 0.2) is 0 Å². The molecule has 1 heterocycles. The number of aromatic nitrogens is 1. The molecule has 1 aromatic carbocycles. The molecule has 1 aromatic heterocycles. The molecule has 0 saturated heterocycles. The van der Waals surface area contributed by atoms with Crippen molar-refractivity contribution in [2.75, 3.05) is 19.0 Å². The van der Waals surface area contributed by atoms with Crippen LogP contribution in [0.5, 0.6) is 0 Å². The van der Waals surface area contributed by atoms with Crippen molar-refractivity contribution in [1.29, 1.82) is 0 Å². The van der Waals surface area contributed by atoms with Crippen LogP contribution in [0.15, 0.2) is 42.6 Å². The third-order valence-corrected chi connectivity index (χ3v) is 3.25. The van der Waals surface area contributed by atoms with Crippen LogP contribution >= 0.6 is 0 Å². The molecule has 0 spiro atoms. The summed E-state index contributed by atoms with van der Waals surface area (Å²) in [6.07, 6.45) is 1.83. The van der Waals surface area contributed by atoms with E-state index in [9.17, 15) is 4.39 Å². The van der Waals surface area contributed by atoms with Gasteiger partial charge >= 0.3 is 0 Å². The van der Waals surface area contributed by atoms with Crippen LogP contribution in [-0.4, -0.2) is 19.1 Å². The highest BCUT2D eigenvalue weighted by molar-refractivity contribution is 5.61. The van der Waals surface area contributed by atoms with E-state index in [1.165, 1.54) is 12.1 Å². The Labute approximate surface area is 113 Å². The van der Waals surface area contributed by atoms with E-state index in [-0.39, 0.29) is 11.9 Å². The predicted molar refractivity (Wildman–Crippen MR) is 76.2 cm³/mol. The SMILES string of the molecule is CNC(C)c1ccc(N(C)c2ccc(F)cc2)cn1. The quantitative estimate of drug-likeness (QED) is 0.913. The Morgan fingerprint density at radius 2 is 1.74 bits per heavy atom. The summed E-state index contributed by atoms with van der Waals surface area (Å²) < 4.78 is 12.9. The highest BCUT2D eigenvalue weighted by Crippen LogP contribution is 2.23.